The maximum absolute atomic E-state index is 11.6. The van der Waals surface area contributed by atoms with Gasteiger partial charge in [0.25, 0.3) is 0 Å². The highest BCUT2D eigenvalue weighted by Crippen LogP contribution is 2.17. The third kappa shape index (κ3) is 2.21. The van der Waals surface area contributed by atoms with Crippen molar-refractivity contribution in [1.29, 1.82) is 0 Å². The van der Waals surface area contributed by atoms with E-state index in [1.807, 2.05) is 6.92 Å². The van der Waals surface area contributed by atoms with E-state index >= 15 is 0 Å². The van der Waals surface area contributed by atoms with Gasteiger partial charge in [0.05, 0.1) is 25.3 Å². The van der Waals surface area contributed by atoms with E-state index in [1.165, 1.54) is 14.2 Å². The summed E-state index contributed by atoms with van der Waals surface area (Å²) in [6.45, 7) is 1.91. The lowest BCUT2D eigenvalue weighted by Gasteiger charge is -2.10. The molecule has 0 amide bonds. The van der Waals surface area contributed by atoms with Crippen LogP contribution in [0.2, 0.25) is 0 Å². The number of carbonyl (C=O) groups is 2. The smallest absolute Gasteiger partial charge is 0.339 e. The molecular formula is C12H14O4. The fraction of sp³-hybridized carbons (Fsp3) is 0.333. The molecule has 0 aliphatic rings. The predicted molar refractivity (Wildman–Crippen MR) is 58.5 cm³/mol. The summed E-state index contributed by atoms with van der Waals surface area (Å²) in [7, 11) is 2.57. The predicted octanol–water partition coefficient (Wildman–Crippen LogP) is 1.82. The molecule has 0 fully saturated rings. The largest absolute Gasteiger partial charge is 0.465 e. The Morgan fingerprint density at radius 2 is 1.75 bits per heavy atom. The molecule has 4 heteroatoms. The number of benzene rings is 1. The molecule has 0 N–H and O–H groups in total. The van der Waals surface area contributed by atoms with Crippen LogP contribution in [0.15, 0.2) is 18.2 Å². The van der Waals surface area contributed by atoms with Crippen molar-refractivity contribution in [2.75, 3.05) is 14.2 Å². The molecule has 0 aliphatic carbocycles. The van der Waals surface area contributed by atoms with Gasteiger partial charge in [-0.15, -0.1) is 0 Å². The lowest BCUT2D eigenvalue weighted by Crippen LogP contribution is -2.14. The molecule has 0 heterocycles. The van der Waals surface area contributed by atoms with E-state index in [9.17, 15) is 9.59 Å². The summed E-state index contributed by atoms with van der Waals surface area (Å²) in [6.07, 6.45) is 0.648. The van der Waals surface area contributed by atoms with Crippen molar-refractivity contribution in [3.63, 3.8) is 0 Å². The van der Waals surface area contributed by atoms with E-state index in [0.29, 0.717) is 12.0 Å². The molecule has 1 aromatic carbocycles. The maximum Gasteiger partial charge on any atom is 0.339 e. The van der Waals surface area contributed by atoms with E-state index in [1.54, 1.807) is 18.2 Å². The Bertz CT molecular complexity index is 409. The second-order valence-corrected chi connectivity index (χ2v) is 3.18. The Hall–Kier alpha value is -1.84. The van der Waals surface area contributed by atoms with Crippen LogP contribution in [0, 0.1) is 0 Å². The standard InChI is InChI=1S/C12H14O4/c1-4-8-6-5-7-9(11(13)15-2)10(8)12(14)16-3/h5-7H,4H2,1-3H3. The van der Waals surface area contributed by atoms with Gasteiger partial charge in [0.1, 0.15) is 0 Å². The van der Waals surface area contributed by atoms with Crippen LogP contribution in [0.3, 0.4) is 0 Å². The minimum absolute atomic E-state index is 0.244. The number of ether oxygens (including phenoxy) is 2. The molecule has 0 atom stereocenters. The molecule has 1 rings (SSSR count). The SMILES string of the molecule is CCc1cccc(C(=O)OC)c1C(=O)OC. The van der Waals surface area contributed by atoms with Crippen molar-refractivity contribution in [2.45, 2.75) is 13.3 Å². The van der Waals surface area contributed by atoms with Crippen molar-refractivity contribution < 1.29 is 19.1 Å². The second-order valence-electron chi connectivity index (χ2n) is 3.18. The van der Waals surface area contributed by atoms with Gasteiger partial charge in [-0.25, -0.2) is 9.59 Å². The topological polar surface area (TPSA) is 52.6 Å². The van der Waals surface area contributed by atoms with Crippen LogP contribution < -0.4 is 0 Å². The van der Waals surface area contributed by atoms with Crippen LogP contribution in [0.25, 0.3) is 0 Å². The van der Waals surface area contributed by atoms with Gasteiger partial charge in [-0.2, -0.15) is 0 Å². The van der Waals surface area contributed by atoms with Crippen LogP contribution in [0.5, 0.6) is 0 Å². The summed E-state index contributed by atoms with van der Waals surface area (Å²) in [5, 5.41) is 0. The third-order valence-electron chi connectivity index (χ3n) is 2.33. The molecule has 0 bridgehead atoms. The van der Waals surface area contributed by atoms with Crippen LogP contribution in [-0.2, 0) is 15.9 Å². The molecule has 4 nitrogen and oxygen atoms in total. The highest BCUT2D eigenvalue weighted by molar-refractivity contribution is 6.04. The first-order valence-corrected chi connectivity index (χ1v) is 4.94. The van der Waals surface area contributed by atoms with Crippen molar-refractivity contribution in [2.24, 2.45) is 0 Å². The van der Waals surface area contributed by atoms with Crippen LogP contribution in [0.4, 0.5) is 0 Å². The van der Waals surface area contributed by atoms with Crippen LogP contribution in [0.1, 0.15) is 33.2 Å². The number of hydrogen-bond acceptors (Lipinski definition) is 4. The average Bonchev–Trinajstić information content (AvgIpc) is 2.35. The number of hydrogen-bond donors (Lipinski definition) is 0. The quantitative estimate of drug-likeness (QED) is 0.732. The summed E-state index contributed by atoms with van der Waals surface area (Å²) in [5.41, 5.74) is 1.31. The maximum atomic E-state index is 11.6. The van der Waals surface area contributed by atoms with Crippen molar-refractivity contribution >= 4 is 11.9 Å². The van der Waals surface area contributed by atoms with Crippen molar-refractivity contribution in [1.82, 2.24) is 0 Å². The Kier molecular flexibility index (Phi) is 4.05. The summed E-state index contributed by atoms with van der Waals surface area (Å²) in [4.78, 5) is 23.1. The molecule has 0 saturated heterocycles. The van der Waals surface area contributed by atoms with E-state index in [2.05, 4.69) is 9.47 Å². The van der Waals surface area contributed by atoms with E-state index in [0.717, 1.165) is 5.56 Å². The third-order valence-corrected chi connectivity index (χ3v) is 2.33. The number of aryl methyl sites for hydroxylation is 1. The molecule has 0 spiro atoms. The van der Waals surface area contributed by atoms with Crippen molar-refractivity contribution in [3.8, 4) is 0 Å². The van der Waals surface area contributed by atoms with Crippen LogP contribution in [-0.4, -0.2) is 26.2 Å². The van der Waals surface area contributed by atoms with Gasteiger partial charge in [-0.1, -0.05) is 19.1 Å². The number of rotatable bonds is 3. The molecule has 16 heavy (non-hydrogen) atoms. The number of esters is 2. The summed E-state index contributed by atoms with van der Waals surface area (Å²) in [6, 6.07) is 5.06. The summed E-state index contributed by atoms with van der Waals surface area (Å²) < 4.78 is 9.29. The minimum Gasteiger partial charge on any atom is -0.465 e. The first kappa shape index (κ1) is 12.2. The molecule has 0 unspecified atom stereocenters. The molecule has 0 aromatic heterocycles. The molecule has 1 aromatic rings. The molecule has 86 valence electrons. The fourth-order valence-electron chi connectivity index (χ4n) is 1.52. The Morgan fingerprint density at radius 1 is 1.12 bits per heavy atom. The molecular weight excluding hydrogens is 208 g/mol. The number of carbonyl (C=O) groups excluding carboxylic acids is 2. The first-order chi connectivity index (χ1) is 7.65. The summed E-state index contributed by atoms with van der Waals surface area (Å²) in [5.74, 6) is -1.05. The average molecular weight is 222 g/mol. The zero-order valence-corrected chi connectivity index (χ0v) is 9.57. The van der Waals surface area contributed by atoms with Gasteiger partial charge in [-0.3, -0.25) is 0 Å². The second kappa shape index (κ2) is 5.30. The van der Waals surface area contributed by atoms with Gasteiger partial charge < -0.3 is 9.47 Å². The van der Waals surface area contributed by atoms with Crippen LogP contribution >= 0.6 is 0 Å². The summed E-state index contributed by atoms with van der Waals surface area (Å²) >= 11 is 0. The normalized spacial score (nSPS) is 9.69. The Morgan fingerprint density at radius 3 is 2.25 bits per heavy atom. The fourth-order valence-corrected chi connectivity index (χ4v) is 1.52. The van der Waals surface area contributed by atoms with E-state index in [-0.39, 0.29) is 5.56 Å². The van der Waals surface area contributed by atoms with Gasteiger partial charge >= 0.3 is 11.9 Å². The van der Waals surface area contributed by atoms with Gasteiger partial charge in [0.2, 0.25) is 0 Å². The minimum atomic E-state index is -0.532. The van der Waals surface area contributed by atoms with Gasteiger partial charge in [0, 0.05) is 0 Å². The zero-order chi connectivity index (χ0) is 12.1. The van der Waals surface area contributed by atoms with E-state index in [4.69, 9.17) is 0 Å². The molecule has 0 aliphatic heterocycles. The highest BCUT2D eigenvalue weighted by atomic mass is 16.5. The molecule has 0 radical (unpaired) electrons. The monoisotopic (exact) mass is 222 g/mol. The highest BCUT2D eigenvalue weighted by Gasteiger charge is 2.20. The van der Waals surface area contributed by atoms with E-state index < -0.39 is 11.9 Å². The Labute approximate surface area is 94.2 Å². The lowest BCUT2D eigenvalue weighted by atomic mass is 9.99. The first-order valence-electron chi connectivity index (χ1n) is 4.94. The zero-order valence-electron chi connectivity index (χ0n) is 9.57. The lowest BCUT2D eigenvalue weighted by molar-refractivity contribution is 0.0554. The van der Waals surface area contributed by atoms with Crippen molar-refractivity contribution in [3.05, 3.63) is 34.9 Å². The van der Waals surface area contributed by atoms with Gasteiger partial charge in [0.15, 0.2) is 0 Å². The Balaban J connectivity index is 3.37. The number of methoxy groups -OCH3 is 2. The molecule has 0 saturated carbocycles. The van der Waals surface area contributed by atoms with Gasteiger partial charge in [-0.05, 0) is 18.1 Å².